The molecule has 0 fully saturated rings. The van der Waals surface area contributed by atoms with Gasteiger partial charge >= 0.3 is 0 Å². The van der Waals surface area contributed by atoms with Crippen molar-refractivity contribution in [3.8, 4) is 0 Å². The predicted molar refractivity (Wildman–Crippen MR) is 121 cm³/mol. The standard InChI is InChI=1S/C22H27N3O3S2/c1-4-15-24(16-5-2)30(27,28)18-13-11-17(12-14-18)21(26)23-22-25(6-3)19-9-7-8-10-20(19)29-22/h7-14H,4-6,15-16H2,1-3H3. The number of fused-ring (bicyclic) bond motifs is 1. The monoisotopic (exact) mass is 445 g/mol. The molecule has 30 heavy (non-hydrogen) atoms. The Labute approximate surface area is 181 Å². The number of hydrogen-bond donors (Lipinski definition) is 0. The first-order valence-corrected chi connectivity index (χ1v) is 12.5. The second-order valence-corrected chi connectivity index (χ2v) is 9.89. The number of benzene rings is 2. The minimum atomic E-state index is -3.57. The fourth-order valence-corrected chi connectivity index (χ4v) is 6.05. The van der Waals surface area contributed by atoms with Crippen LogP contribution < -0.4 is 4.80 Å². The molecule has 0 saturated heterocycles. The quantitative estimate of drug-likeness (QED) is 0.520. The molecule has 6 nitrogen and oxygen atoms in total. The summed E-state index contributed by atoms with van der Waals surface area (Å²) in [4.78, 5) is 17.9. The minimum absolute atomic E-state index is 0.200. The van der Waals surface area contributed by atoms with E-state index in [1.165, 1.54) is 27.8 Å². The number of aryl methyl sites for hydroxylation is 1. The topological polar surface area (TPSA) is 71.7 Å². The second-order valence-electron chi connectivity index (χ2n) is 6.94. The number of sulfonamides is 1. The molecule has 8 heteroatoms. The highest BCUT2D eigenvalue weighted by atomic mass is 32.2. The minimum Gasteiger partial charge on any atom is -0.317 e. The summed E-state index contributed by atoms with van der Waals surface area (Å²) in [5, 5.41) is 0. The van der Waals surface area contributed by atoms with E-state index >= 15 is 0 Å². The molecule has 0 aliphatic rings. The van der Waals surface area contributed by atoms with Crippen molar-refractivity contribution in [1.82, 2.24) is 8.87 Å². The number of carbonyl (C=O) groups excluding carboxylic acids is 1. The van der Waals surface area contributed by atoms with Crippen LogP contribution in [0.3, 0.4) is 0 Å². The van der Waals surface area contributed by atoms with Crippen LogP contribution in [0.25, 0.3) is 10.2 Å². The molecule has 0 aliphatic heterocycles. The van der Waals surface area contributed by atoms with Crippen LogP contribution in [-0.2, 0) is 16.6 Å². The van der Waals surface area contributed by atoms with Gasteiger partial charge in [-0.25, -0.2) is 8.42 Å². The van der Waals surface area contributed by atoms with Gasteiger partial charge in [0.25, 0.3) is 5.91 Å². The third-order valence-electron chi connectivity index (χ3n) is 4.79. The number of para-hydroxylation sites is 1. The fraction of sp³-hybridized carbons (Fsp3) is 0.364. The summed E-state index contributed by atoms with van der Waals surface area (Å²) in [6.07, 6.45) is 1.50. The molecule has 0 radical (unpaired) electrons. The maximum Gasteiger partial charge on any atom is 0.279 e. The summed E-state index contributed by atoms with van der Waals surface area (Å²) in [7, 11) is -3.57. The van der Waals surface area contributed by atoms with Crippen LogP contribution in [0.4, 0.5) is 0 Å². The molecule has 0 aliphatic carbocycles. The van der Waals surface area contributed by atoms with E-state index in [1.54, 1.807) is 12.1 Å². The highest BCUT2D eigenvalue weighted by Gasteiger charge is 2.23. The Kier molecular flexibility index (Phi) is 7.23. The maximum atomic E-state index is 12.9. The van der Waals surface area contributed by atoms with Crippen molar-refractivity contribution in [1.29, 1.82) is 0 Å². The average molecular weight is 446 g/mol. The first kappa shape index (κ1) is 22.4. The Morgan fingerprint density at radius 3 is 2.23 bits per heavy atom. The molecule has 3 aromatic rings. The molecule has 0 unspecified atom stereocenters. The van der Waals surface area contributed by atoms with Crippen molar-refractivity contribution in [3.05, 3.63) is 58.9 Å². The first-order chi connectivity index (χ1) is 14.4. The molecule has 0 atom stereocenters. The number of thiazole rings is 1. The largest absolute Gasteiger partial charge is 0.317 e. The SMILES string of the molecule is CCCN(CCC)S(=O)(=O)c1ccc(C(=O)N=c2sc3ccccc3n2CC)cc1. The van der Waals surface area contributed by atoms with Crippen LogP contribution in [0.1, 0.15) is 44.0 Å². The van der Waals surface area contributed by atoms with Crippen molar-refractivity contribution in [3.63, 3.8) is 0 Å². The summed E-state index contributed by atoms with van der Waals surface area (Å²) in [5.41, 5.74) is 1.41. The highest BCUT2D eigenvalue weighted by Crippen LogP contribution is 2.19. The van der Waals surface area contributed by atoms with Crippen molar-refractivity contribution in [2.45, 2.75) is 45.1 Å². The zero-order valence-electron chi connectivity index (χ0n) is 17.5. The number of nitrogens with zero attached hydrogens (tertiary/aromatic N) is 3. The lowest BCUT2D eigenvalue weighted by Crippen LogP contribution is -2.32. The maximum absolute atomic E-state index is 12.9. The van der Waals surface area contributed by atoms with Gasteiger partial charge in [0.05, 0.1) is 15.1 Å². The molecule has 0 spiro atoms. The molecular formula is C22H27N3O3S2. The molecule has 1 amide bonds. The van der Waals surface area contributed by atoms with Gasteiger partial charge in [-0.2, -0.15) is 9.30 Å². The van der Waals surface area contributed by atoms with Gasteiger partial charge in [0, 0.05) is 25.2 Å². The Morgan fingerprint density at radius 2 is 1.63 bits per heavy atom. The van der Waals surface area contributed by atoms with Crippen LogP contribution in [-0.4, -0.2) is 36.3 Å². The molecule has 0 bridgehead atoms. The van der Waals surface area contributed by atoms with E-state index in [-0.39, 0.29) is 10.8 Å². The van der Waals surface area contributed by atoms with E-state index in [2.05, 4.69) is 4.99 Å². The van der Waals surface area contributed by atoms with Crippen LogP contribution in [0.5, 0.6) is 0 Å². The van der Waals surface area contributed by atoms with E-state index in [0.717, 1.165) is 23.1 Å². The van der Waals surface area contributed by atoms with Gasteiger partial charge in [-0.05, 0) is 56.2 Å². The number of amides is 1. The molecule has 3 rings (SSSR count). The van der Waals surface area contributed by atoms with Gasteiger partial charge in [0.15, 0.2) is 4.80 Å². The predicted octanol–water partition coefficient (Wildman–Crippen LogP) is 4.27. The van der Waals surface area contributed by atoms with Gasteiger partial charge in [-0.3, -0.25) is 4.79 Å². The zero-order chi connectivity index (χ0) is 21.7. The van der Waals surface area contributed by atoms with E-state index in [1.807, 2.05) is 49.6 Å². The molecule has 0 saturated carbocycles. The average Bonchev–Trinajstić information content (AvgIpc) is 3.10. The summed E-state index contributed by atoms with van der Waals surface area (Å²) in [6, 6.07) is 14.0. The smallest absolute Gasteiger partial charge is 0.279 e. The van der Waals surface area contributed by atoms with E-state index in [9.17, 15) is 13.2 Å². The van der Waals surface area contributed by atoms with Gasteiger partial charge in [0.2, 0.25) is 10.0 Å². The van der Waals surface area contributed by atoms with Crippen molar-refractivity contribution in [2.24, 2.45) is 4.99 Å². The second kappa shape index (κ2) is 9.68. The zero-order valence-corrected chi connectivity index (χ0v) is 19.2. The number of hydrogen-bond acceptors (Lipinski definition) is 4. The highest BCUT2D eigenvalue weighted by molar-refractivity contribution is 7.89. The van der Waals surface area contributed by atoms with Crippen molar-refractivity contribution < 1.29 is 13.2 Å². The van der Waals surface area contributed by atoms with E-state index in [0.29, 0.717) is 30.0 Å². The van der Waals surface area contributed by atoms with Crippen LogP contribution in [0, 0.1) is 0 Å². The fourth-order valence-electron chi connectivity index (χ4n) is 3.33. The summed E-state index contributed by atoms with van der Waals surface area (Å²) in [5.74, 6) is -0.383. The summed E-state index contributed by atoms with van der Waals surface area (Å²) >= 11 is 1.47. The normalized spacial score (nSPS) is 12.7. The van der Waals surface area contributed by atoms with Gasteiger partial charge in [0.1, 0.15) is 0 Å². The molecule has 160 valence electrons. The van der Waals surface area contributed by atoms with Crippen molar-refractivity contribution in [2.75, 3.05) is 13.1 Å². The Morgan fingerprint density at radius 1 is 1.00 bits per heavy atom. The van der Waals surface area contributed by atoms with Gasteiger partial charge in [-0.15, -0.1) is 0 Å². The van der Waals surface area contributed by atoms with Crippen LogP contribution in [0.2, 0.25) is 0 Å². The Hall–Kier alpha value is -2.29. The number of carbonyl (C=O) groups is 1. The lowest BCUT2D eigenvalue weighted by atomic mass is 10.2. The van der Waals surface area contributed by atoms with Gasteiger partial charge in [-0.1, -0.05) is 37.3 Å². The van der Waals surface area contributed by atoms with Crippen LogP contribution >= 0.6 is 11.3 Å². The molecule has 2 aromatic carbocycles. The van der Waals surface area contributed by atoms with E-state index < -0.39 is 10.0 Å². The third kappa shape index (κ3) is 4.55. The number of rotatable bonds is 8. The lowest BCUT2D eigenvalue weighted by molar-refractivity contribution is 0.0997. The first-order valence-electron chi connectivity index (χ1n) is 10.2. The molecule has 0 N–H and O–H groups in total. The number of aromatic nitrogens is 1. The van der Waals surface area contributed by atoms with Gasteiger partial charge < -0.3 is 4.57 Å². The summed E-state index contributed by atoms with van der Waals surface area (Å²) < 4.78 is 30.3. The third-order valence-corrected chi connectivity index (χ3v) is 7.76. The van der Waals surface area contributed by atoms with E-state index in [4.69, 9.17) is 0 Å². The molecular weight excluding hydrogens is 418 g/mol. The van der Waals surface area contributed by atoms with Crippen LogP contribution in [0.15, 0.2) is 58.4 Å². The Balaban J connectivity index is 1.91. The molecule has 1 heterocycles. The molecule has 1 aromatic heterocycles. The lowest BCUT2D eigenvalue weighted by Gasteiger charge is -2.21. The Bertz CT molecular complexity index is 1190. The van der Waals surface area contributed by atoms with Crippen molar-refractivity contribution >= 4 is 37.5 Å². The summed E-state index contributed by atoms with van der Waals surface area (Å²) in [6.45, 7) is 7.60.